The fourth-order valence-corrected chi connectivity index (χ4v) is 5.38. The molecule has 4 rings (SSSR count). The summed E-state index contributed by atoms with van der Waals surface area (Å²) in [6.07, 6.45) is 17.5. The van der Waals surface area contributed by atoms with Gasteiger partial charge in [0, 0.05) is 0 Å². The Labute approximate surface area is 99.5 Å². The van der Waals surface area contributed by atoms with Gasteiger partial charge >= 0.3 is 0 Å². The molecule has 6 atom stereocenters. The molecular formula is C16H24. The average molecular weight is 216 g/mol. The second kappa shape index (κ2) is 3.62. The van der Waals surface area contributed by atoms with E-state index in [2.05, 4.69) is 12.2 Å². The van der Waals surface area contributed by atoms with Gasteiger partial charge in [-0.3, -0.25) is 0 Å². The first-order valence-electron chi connectivity index (χ1n) is 7.57. The van der Waals surface area contributed by atoms with Gasteiger partial charge in [0.25, 0.3) is 0 Å². The molecule has 0 radical (unpaired) electrons. The summed E-state index contributed by atoms with van der Waals surface area (Å²) in [6.45, 7) is 0. The minimum absolute atomic E-state index is 0.982. The lowest BCUT2D eigenvalue weighted by Gasteiger charge is -2.25. The molecule has 0 aromatic heterocycles. The first-order chi connectivity index (χ1) is 7.88. The smallest absolute Gasteiger partial charge is 0.0199 e. The highest BCUT2D eigenvalue weighted by Gasteiger charge is 2.40. The highest BCUT2D eigenvalue weighted by atomic mass is 14.5. The summed E-state index contributed by atoms with van der Waals surface area (Å²) in [6, 6.07) is 0. The molecule has 4 bridgehead atoms. The van der Waals surface area contributed by atoms with Gasteiger partial charge in [-0.15, -0.1) is 0 Å². The first kappa shape index (κ1) is 9.74. The van der Waals surface area contributed by atoms with Gasteiger partial charge in [0.05, 0.1) is 0 Å². The van der Waals surface area contributed by atoms with Crippen LogP contribution in [0.15, 0.2) is 12.2 Å². The lowest BCUT2D eigenvalue weighted by atomic mass is 9.81. The largest absolute Gasteiger partial charge is 0.0851 e. The number of allylic oxidation sites excluding steroid dienone is 2. The first-order valence-corrected chi connectivity index (χ1v) is 7.57. The number of rotatable bonds is 3. The number of fused-ring (bicyclic) bond motifs is 4. The molecule has 88 valence electrons. The monoisotopic (exact) mass is 216 g/mol. The molecule has 3 saturated carbocycles. The van der Waals surface area contributed by atoms with Crippen molar-refractivity contribution in [2.45, 2.75) is 51.4 Å². The topological polar surface area (TPSA) is 0 Å². The van der Waals surface area contributed by atoms with Crippen molar-refractivity contribution in [1.29, 1.82) is 0 Å². The zero-order valence-electron chi connectivity index (χ0n) is 10.3. The van der Waals surface area contributed by atoms with Crippen LogP contribution in [0.4, 0.5) is 0 Å². The molecule has 4 aliphatic carbocycles. The van der Waals surface area contributed by atoms with E-state index in [1.807, 2.05) is 0 Å². The van der Waals surface area contributed by atoms with E-state index >= 15 is 0 Å². The van der Waals surface area contributed by atoms with Crippen LogP contribution < -0.4 is 0 Å². The Balaban J connectivity index is 1.32. The molecule has 4 aliphatic rings. The van der Waals surface area contributed by atoms with Gasteiger partial charge in [-0.05, 0) is 80.5 Å². The van der Waals surface area contributed by atoms with E-state index in [9.17, 15) is 0 Å². The van der Waals surface area contributed by atoms with E-state index in [0.717, 1.165) is 35.5 Å². The summed E-state index contributed by atoms with van der Waals surface area (Å²) >= 11 is 0. The molecule has 16 heavy (non-hydrogen) atoms. The van der Waals surface area contributed by atoms with Gasteiger partial charge in [-0.1, -0.05) is 18.6 Å². The molecule has 3 fully saturated rings. The molecule has 0 aromatic rings. The van der Waals surface area contributed by atoms with Crippen LogP contribution >= 0.6 is 0 Å². The Bertz CT molecular complexity index is 303. The predicted octanol–water partition coefficient (Wildman–Crippen LogP) is 4.42. The van der Waals surface area contributed by atoms with Crippen molar-refractivity contribution >= 4 is 0 Å². The van der Waals surface area contributed by atoms with Crippen LogP contribution in [0.25, 0.3) is 0 Å². The third kappa shape index (κ3) is 1.49. The van der Waals surface area contributed by atoms with Crippen LogP contribution in [0.1, 0.15) is 51.4 Å². The van der Waals surface area contributed by atoms with E-state index in [1.54, 1.807) is 38.5 Å². The molecule has 0 spiro atoms. The van der Waals surface area contributed by atoms with Crippen molar-refractivity contribution in [2.75, 3.05) is 0 Å². The number of hydrogen-bond acceptors (Lipinski definition) is 0. The van der Waals surface area contributed by atoms with E-state index in [-0.39, 0.29) is 0 Å². The number of hydrogen-bond donors (Lipinski definition) is 0. The summed E-state index contributed by atoms with van der Waals surface area (Å²) in [5, 5.41) is 0. The van der Waals surface area contributed by atoms with Crippen LogP contribution in [0.2, 0.25) is 0 Å². The molecule has 0 aliphatic heterocycles. The maximum atomic E-state index is 2.53. The van der Waals surface area contributed by atoms with Crippen molar-refractivity contribution in [3.63, 3.8) is 0 Å². The van der Waals surface area contributed by atoms with Gasteiger partial charge in [-0.2, -0.15) is 0 Å². The SMILES string of the molecule is C1=CC2CC1CC2CCC1CC2CCC1C2. The van der Waals surface area contributed by atoms with Crippen molar-refractivity contribution in [2.24, 2.45) is 35.5 Å². The van der Waals surface area contributed by atoms with Gasteiger partial charge in [0.15, 0.2) is 0 Å². The van der Waals surface area contributed by atoms with Crippen LogP contribution in [0, 0.1) is 35.5 Å². The second-order valence-electron chi connectivity index (χ2n) is 7.05. The van der Waals surface area contributed by atoms with Crippen LogP contribution in [-0.4, -0.2) is 0 Å². The van der Waals surface area contributed by atoms with Crippen molar-refractivity contribution in [3.8, 4) is 0 Å². The fourth-order valence-electron chi connectivity index (χ4n) is 5.38. The van der Waals surface area contributed by atoms with Crippen LogP contribution in [0.5, 0.6) is 0 Å². The molecule has 0 amide bonds. The Morgan fingerprint density at radius 3 is 2.38 bits per heavy atom. The van der Waals surface area contributed by atoms with Crippen molar-refractivity contribution < 1.29 is 0 Å². The third-order valence-electron chi connectivity index (χ3n) is 6.21. The highest BCUT2D eigenvalue weighted by molar-refractivity contribution is 5.10. The van der Waals surface area contributed by atoms with E-state index in [0.29, 0.717) is 0 Å². The molecule has 0 heterocycles. The van der Waals surface area contributed by atoms with E-state index in [1.165, 1.54) is 12.8 Å². The summed E-state index contributed by atoms with van der Waals surface area (Å²) in [5.41, 5.74) is 0. The molecular weight excluding hydrogens is 192 g/mol. The molecule has 0 nitrogen and oxygen atoms in total. The van der Waals surface area contributed by atoms with Crippen LogP contribution in [0.3, 0.4) is 0 Å². The molecule has 6 unspecified atom stereocenters. The molecule has 0 aromatic carbocycles. The maximum Gasteiger partial charge on any atom is -0.0199 e. The van der Waals surface area contributed by atoms with E-state index < -0.39 is 0 Å². The quantitative estimate of drug-likeness (QED) is 0.613. The normalized spacial score (nSPS) is 53.0. The van der Waals surface area contributed by atoms with Crippen LogP contribution in [-0.2, 0) is 0 Å². The van der Waals surface area contributed by atoms with Gasteiger partial charge in [-0.25, -0.2) is 0 Å². The summed E-state index contributed by atoms with van der Waals surface area (Å²) < 4.78 is 0. The Kier molecular flexibility index (Phi) is 2.20. The lowest BCUT2D eigenvalue weighted by molar-refractivity contribution is 0.275. The zero-order chi connectivity index (χ0) is 10.5. The third-order valence-corrected chi connectivity index (χ3v) is 6.21. The standard InChI is InChI=1S/C16H24/c1-3-13-7-11(1)9-15(13)5-6-16-10-12-2-4-14(16)8-12/h1,3,11-16H,2,4-10H2. The fraction of sp³-hybridized carbons (Fsp3) is 0.875. The van der Waals surface area contributed by atoms with E-state index in [4.69, 9.17) is 0 Å². The predicted molar refractivity (Wildman–Crippen MR) is 67.0 cm³/mol. The Hall–Kier alpha value is -0.260. The van der Waals surface area contributed by atoms with Gasteiger partial charge in [0.1, 0.15) is 0 Å². The molecule has 0 saturated heterocycles. The molecule has 0 heteroatoms. The van der Waals surface area contributed by atoms with Gasteiger partial charge in [0.2, 0.25) is 0 Å². The highest BCUT2D eigenvalue weighted by Crippen LogP contribution is 2.52. The van der Waals surface area contributed by atoms with Gasteiger partial charge < -0.3 is 0 Å². The lowest BCUT2D eigenvalue weighted by Crippen LogP contribution is -2.14. The van der Waals surface area contributed by atoms with Crippen molar-refractivity contribution in [1.82, 2.24) is 0 Å². The second-order valence-corrected chi connectivity index (χ2v) is 7.05. The Morgan fingerprint density at radius 2 is 1.75 bits per heavy atom. The maximum absolute atomic E-state index is 2.53. The summed E-state index contributed by atoms with van der Waals surface area (Å²) in [4.78, 5) is 0. The summed E-state index contributed by atoms with van der Waals surface area (Å²) in [5.74, 6) is 6.49. The molecule has 0 N–H and O–H groups in total. The summed E-state index contributed by atoms with van der Waals surface area (Å²) in [7, 11) is 0. The average Bonchev–Trinajstić information content (AvgIpc) is 3.05. The minimum Gasteiger partial charge on any atom is -0.0851 e. The zero-order valence-corrected chi connectivity index (χ0v) is 10.3. The minimum atomic E-state index is 0.982. The Morgan fingerprint density at radius 1 is 0.812 bits per heavy atom. The van der Waals surface area contributed by atoms with Crippen molar-refractivity contribution in [3.05, 3.63) is 12.2 Å².